The Balaban J connectivity index is 3.10. The van der Waals surface area contributed by atoms with Crippen LogP contribution >= 0.6 is 15.9 Å². The minimum absolute atomic E-state index is 0.299. The topological polar surface area (TPSA) is 46.5 Å². The van der Waals surface area contributed by atoms with E-state index in [9.17, 15) is 13.6 Å². The van der Waals surface area contributed by atoms with Crippen LogP contribution in [0.4, 0.5) is 8.78 Å². The zero-order chi connectivity index (χ0) is 12.3. The number of carboxylic acid groups (broad SMARTS) is 1. The van der Waals surface area contributed by atoms with Crippen molar-refractivity contribution < 1.29 is 23.4 Å². The Bertz CT molecular complexity index is 407. The van der Waals surface area contributed by atoms with E-state index in [1.54, 1.807) is 6.92 Å². The lowest BCUT2D eigenvalue weighted by molar-refractivity contribution is -0.166. The molecule has 0 spiro atoms. The first-order valence-electron chi connectivity index (χ1n) is 4.43. The number of hydrogen-bond donors (Lipinski definition) is 1. The molecule has 1 N–H and O–H groups in total. The fraction of sp³-hybridized carbons (Fsp3) is 0.300. The lowest BCUT2D eigenvalue weighted by Crippen LogP contribution is -2.25. The molecule has 1 rings (SSSR count). The molecular weight excluding hydrogens is 286 g/mol. The van der Waals surface area contributed by atoms with E-state index < -0.39 is 17.5 Å². The van der Waals surface area contributed by atoms with Gasteiger partial charge in [-0.15, -0.1) is 0 Å². The van der Waals surface area contributed by atoms with Gasteiger partial charge in [-0.1, -0.05) is 0 Å². The number of halogens is 3. The summed E-state index contributed by atoms with van der Waals surface area (Å²) in [6.07, 6.45) is 0. The van der Waals surface area contributed by atoms with E-state index in [0.717, 1.165) is 12.1 Å². The van der Waals surface area contributed by atoms with E-state index >= 15 is 0 Å². The molecule has 1 aromatic rings. The third-order valence-corrected chi connectivity index (χ3v) is 2.48. The van der Waals surface area contributed by atoms with E-state index in [1.165, 1.54) is 6.07 Å². The summed E-state index contributed by atoms with van der Waals surface area (Å²) < 4.78 is 31.7. The van der Waals surface area contributed by atoms with Gasteiger partial charge in [0, 0.05) is 5.56 Å². The maximum atomic E-state index is 13.1. The Labute approximate surface area is 99.2 Å². The zero-order valence-electron chi connectivity index (χ0n) is 8.34. The summed E-state index contributed by atoms with van der Waals surface area (Å²) in [5.41, 5.74) is -0.588. The molecule has 0 bridgehead atoms. The van der Waals surface area contributed by atoms with Gasteiger partial charge in [-0.3, -0.25) is 0 Å². The third-order valence-electron chi connectivity index (χ3n) is 1.86. The molecule has 6 heteroatoms. The van der Waals surface area contributed by atoms with Crippen LogP contribution in [0, 0.1) is 0 Å². The summed E-state index contributed by atoms with van der Waals surface area (Å²) in [6, 6.07) is 3.38. The zero-order valence-corrected chi connectivity index (χ0v) is 9.92. The summed E-state index contributed by atoms with van der Waals surface area (Å²) in [6.45, 7) is 2.15. The second-order valence-corrected chi connectivity index (χ2v) is 3.81. The molecule has 0 aromatic heterocycles. The van der Waals surface area contributed by atoms with Gasteiger partial charge in [0.15, 0.2) is 0 Å². The molecule has 16 heavy (non-hydrogen) atoms. The van der Waals surface area contributed by atoms with Crippen LogP contribution in [0.1, 0.15) is 12.5 Å². The number of aliphatic carboxylic acids is 1. The van der Waals surface area contributed by atoms with Crippen molar-refractivity contribution in [1.82, 2.24) is 0 Å². The fourth-order valence-electron chi connectivity index (χ4n) is 1.09. The highest BCUT2D eigenvalue weighted by Gasteiger charge is 2.41. The van der Waals surface area contributed by atoms with Gasteiger partial charge in [0.1, 0.15) is 5.75 Å². The van der Waals surface area contributed by atoms with Crippen LogP contribution < -0.4 is 4.74 Å². The van der Waals surface area contributed by atoms with Crippen LogP contribution in [0.3, 0.4) is 0 Å². The maximum absolute atomic E-state index is 13.1. The molecule has 1 aromatic carbocycles. The first-order valence-corrected chi connectivity index (χ1v) is 5.23. The molecule has 0 fully saturated rings. The number of hydrogen-bond acceptors (Lipinski definition) is 2. The van der Waals surface area contributed by atoms with Crippen LogP contribution in [-0.4, -0.2) is 17.7 Å². The molecule has 0 unspecified atom stereocenters. The van der Waals surface area contributed by atoms with Crippen molar-refractivity contribution in [2.45, 2.75) is 12.8 Å². The quantitative estimate of drug-likeness (QED) is 0.928. The van der Waals surface area contributed by atoms with Crippen molar-refractivity contribution in [3.8, 4) is 5.75 Å². The molecule has 3 nitrogen and oxygen atoms in total. The van der Waals surface area contributed by atoms with E-state index in [1.807, 2.05) is 0 Å². The fourth-order valence-corrected chi connectivity index (χ4v) is 1.59. The van der Waals surface area contributed by atoms with Crippen LogP contribution in [0.15, 0.2) is 22.7 Å². The number of carbonyl (C=O) groups is 1. The van der Waals surface area contributed by atoms with Gasteiger partial charge in [-0.2, -0.15) is 8.78 Å². The van der Waals surface area contributed by atoms with Crippen molar-refractivity contribution in [3.05, 3.63) is 28.2 Å². The summed E-state index contributed by atoms with van der Waals surface area (Å²) in [4.78, 5) is 10.3. The number of rotatable bonds is 4. The highest BCUT2D eigenvalue weighted by atomic mass is 79.9. The van der Waals surface area contributed by atoms with Gasteiger partial charge in [-0.05, 0) is 41.1 Å². The second-order valence-electron chi connectivity index (χ2n) is 2.96. The second kappa shape index (κ2) is 4.78. The van der Waals surface area contributed by atoms with Gasteiger partial charge in [0.05, 0.1) is 11.1 Å². The Kier molecular flexibility index (Phi) is 3.85. The third kappa shape index (κ3) is 2.49. The minimum atomic E-state index is -3.90. The summed E-state index contributed by atoms with van der Waals surface area (Å²) in [5, 5.41) is 8.36. The van der Waals surface area contributed by atoms with Crippen LogP contribution in [0.5, 0.6) is 5.75 Å². The lowest BCUT2D eigenvalue weighted by Gasteiger charge is -2.13. The van der Waals surface area contributed by atoms with Gasteiger partial charge in [0.2, 0.25) is 0 Å². The number of alkyl halides is 2. The molecule has 0 aliphatic carbocycles. The van der Waals surface area contributed by atoms with Gasteiger partial charge < -0.3 is 9.84 Å². The van der Waals surface area contributed by atoms with Gasteiger partial charge in [0.25, 0.3) is 0 Å². The molecule has 0 saturated carbocycles. The standard InChI is InChI=1S/C10H9BrF2O3/c1-2-16-8-4-3-6(5-7(8)11)10(12,13)9(14)15/h3-5H,2H2,1H3,(H,14,15). The van der Waals surface area contributed by atoms with Crippen LogP contribution in [-0.2, 0) is 10.7 Å². The van der Waals surface area contributed by atoms with Crippen molar-refractivity contribution >= 4 is 21.9 Å². The Morgan fingerprint density at radius 1 is 1.56 bits per heavy atom. The van der Waals surface area contributed by atoms with Crippen LogP contribution in [0.25, 0.3) is 0 Å². The van der Waals surface area contributed by atoms with Gasteiger partial charge in [-0.25, -0.2) is 4.79 Å². The summed E-state index contributed by atoms with van der Waals surface area (Å²) in [7, 11) is 0. The highest BCUT2D eigenvalue weighted by Crippen LogP contribution is 2.34. The average Bonchev–Trinajstić information content (AvgIpc) is 2.21. The molecule has 0 amide bonds. The molecule has 0 heterocycles. The molecule has 0 atom stereocenters. The van der Waals surface area contributed by atoms with Crippen molar-refractivity contribution in [3.63, 3.8) is 0 Å². The molecule has 0 radical (unpaired) electrons. The van der Waals surface area contributed by atoms with Crippen LogP contribution in [0.2, 0.25) is 0 Å². The Morgan fingerprint density at radius 3 is 2.62 bits per heavy atom. The maximum Gasteiger partial charge on any atom is 0.379 e. The van der Waals surface area contributed by atoms with E-state index in [2.05, 4.69) is 15.9 Å². The Morgan fingerprint density at radius 2 is 2.19 bits per heavy atom. The SMILES string of the molecule is CCOc1ccc(C(F)(F)C(=O)O)cc1Br. The van der Waals surface area contributed by atoms with Gasteiger partial charge >= 0.3 is 11.9 Å². The number of ether oxygens (including phenoxy) is 1. The smallest absolute Gasteiger partial charge is 0.379 e. The first kappa shape index (κ1) is 12.9. The molecule has 88 valence electrons. The predicted octanol–water partition coefficient (Wildman–Crippen LogP) is 3.02. The van der Waals surface area contributed by atoms with Crippen molar-refractivity contribution in [1.29, 1.82) is 0 Å². The molecule has 0 saturated heterocycles. The molecule has 0 aliphatic heterocycles. The summed E-state index contributed by atoms with van der Waals surface area (Å²) >= 11 is 3.04. The van der Waals surface area contributed by atoms with Crippen molar-refractivity contribution in [2.24, 2.45) is 0 Å². The monoisotopic (exact) mass is 294 g/mol. The van der Waals surface area contributed by atoms with E-state index in [4.69, 9.17) is 9.84 Å². The lowest BCUT2D eigenvalue weighted by atomic mass is 10.1. The first-order chi connectivity index (χ1) is 7.39. The normalized spacial score (nSPS) is 11.2. The largest absolute Gasteiger partial charge is 0.493 e. The minimum Gasteiger partial charge on any atom is -0.493 e. The van der Waals surface area contributed by atoms with E-state index in [-0.39, 0.29) is 0 Å². The number of carboxylic acids is 1. The molecular formula is C10H9BrF2O3. The van der Waals surface area contributed by atoms with E-state index in [0.29, 0.717) is 16.8 Å². The summed E-state index contributed by atoms with van der Waals surface area (Å²) in [5.74, 6) is -5.68. The Hall–Kier alpha value is -1.17. The highest BCUT2D eigenvalue weighted by molar-refractivity contribution is 9.10. The average molecular weight is 295 g/mol. The molecule has 0 aliphatic rings. The predicted molar refractivity (Wildman–Crippen MR) is 56.8 cm³/mol. The number of benzene rings is 1. The van der Waals surface area contributed by atoms with Crippen molar-refractivity contribution in [2.75, 3.05) is 6.61 Å².